The number of amides is 3. The van der Waals surface area contributed by atoms with Gasteiger partial charge in [-0.3, -0.25) is 24.5 Å². The third-order valence-corrected chi connectivity index (χ3v) is 5.93. The zero-order chi connectivity index (χ0) is 22.1. The lowest BCUT2D eigenvalue weighted by Crippen LogP contribution is -2.49. The van der Waals surface area contributed by atoms with Crippen molar-refractivity contribution in [1.29, 1.82) is 0 Å². The minimum absolute atomic E-state index is 0.0974. The Morgan fingerprint density at radius 3 is 2.16 bits per heavy atom. The summed E-state index contributed by atoms with van der Waals surface area (Å²) in [6.45, 7) is -0.0974. The minimum atomic E-state index is -0.622. The number of nitro benzene ring substituents is 1. The molecule has 158 valence electrons. The van der Waals surface area contributed by atoms with E-state index in [2.05, 4.69) is 0 Å². The fourth-order valence-electron chi connectivity index (χ4n) is 3.92. The van der Waals surface area contributed by atoms with Crippen molar-refractivity contribution < 1.29 is 19.3 Å². The number of hydrogen-bond acceptors (Lipinski definition) is 5. The normalized spacial score (nSPS) is 20.0. The molecule has 2 aliphatic rings. The van der Waals surface area contributed by atoms with Gasteiger partial charge in [0, 0.05) is 22.7 Å². The number of rotatable bonds is 5. The van der Waals surface area contributed by atoms with Crippen LogP contribution in [-0.4, -0.2) is 32.7 Å². The maximum atomic E-state index is 13.4. The van der Waals surface area contributed by atoms with E-state index >= 15 is 0 Å². The molecule has 1 aliphatic carbocycles. The summed E-state index contributed by atoms with van der Waals surface area (Å²) in [5, 5.41) is 13.3. The highest BCUT2D eigenvalue weighted by Crippen LogP contribution is 2.37. The van der Waals surface area contributed by atoms with Gasteiger partial charge in [0.25, 0.3) is 23.4 Å². The molecule has 8 nitrogen and oxygen atoms in total. The standard InChI is InChI=1S/C22H18ClN3O5/c23-19-8-4-1-5-15(19)13-24(20(27)14-9-11-16(12-10-14)26(30)31)25-21(28)17-6-2-3-7-18(17)22(25)29/h1-5,8-12,17-18H,6-7,13H2/t17-,18+. The highest BCUT2D eigenvalue weighted by atomic mass is 35.5. The van der Waals surface area contributed by atoms with Gasteiger partial charge in [0.2, 0.25) is 0 Å². The number of hydrazine groups is 1. The van der Waals surface area contributed by atoms with E-state index in [1.54, 1.807) is 24.3 Å². The molecule has 31 heavy (non-hydrogen) atoms. The Bertz CT molecular complexity index is 1070. The van der Waals surface area contributed by atoms with Gasteiger partial charge in [-0.2, -0.15) is 5.01 Å². The number of fused-ring (bicyclic) bond motifs is 1. The Labute approximate surface area is 182 Å². The lowest BCUT2D eigenvalue weighted by atomic mass is 9.85. The Morgan fingerprint density at radius 2 is 1.61 bits per heavy atom. The summed E-state index contributed by atoms with van der Waals surface area (Å²) in [6, 6.07) is 11.9. The van der Waals surface area contributed by atoms with E-state index in [9.17, 15) is 24.5 Å². The van der Waals surface area contributed by atoms with E-state index in [1.165, 1.54) is 24.3 Å². The number of halogens is 1. The molecule has 0 spiro atoms. The van der Waals surface area contributed by atoms with Crippen molar-refractivity contribution >= 4 is 35.0 Å². The molecule has 1 saturated heterocycles. The number of hydrogen-bond donors (Lipinski definition) is 0. The van der Waals surface area contributed by atoms with Gasteiger partial charge in [0.1, 0.15) is 0 Å². The summed E-state index contributed by atoms with van der Waals surface area (Å²) in [4.78, 5) is 49.9. The van der Waals surface area contributed by atoms with Gasteiger partial charge in [-0.1, -0.05) is 42.0 Å². The Morgan fingerprint density at radius 1 is 1.03 bits per heavy atom. The first-order valence-corrected chi connectivity index (χ1v) is 10.1. The van der Waals surface area contributed by atoms with Crippen LogP contribution in [0.3, 0.4) is 0 Å². The summed E-state index contributed by atoms with van der Waals surface area (Å²) < 4.78 is 0. The highest BCUT2D eigenvalue weighted by Gasteiger charge is 2.50. The zero-order valence-electron chi connectivity index (χ0n) is 16.3. The van der Waals surface area contributed by atoms with Gasteiger partial charge in [-0.15, -0.1) is 0 Å². The molecule has 1 aliphatic heterocycles. The molecule has 9 heteroatoms. The molecule has 2 aromatic carbocycles. The molecule has 0 aromatic heterocycles. The van der Waals surface area contributed by atoms with Crippen LogP contribution in [0.5, 0.6) is 0 Å². The van der Waals surface area contributed by atoms with Gasteiger partial charge >= 0.3 is 0 Å². The number of carbonyl (C=O) groups is 3. The third kappa shape index (κ3) is 3.82. The van der Waals surface area contributed by atoms with Crippen LogP contribution in [0, 0.1) is 22.0 Å². The molecule has 0 radical (unpaired) electrons. The van der Waals surface area contributed by atoms with Crippen LogP contribution in [0.2, 0.25) is 5.02 Å². The molecule has 0 bridgehead atoms. The van der Waals surface area contributed by atoms with Crippen LogP contribution in [0.1, 0.15) is 28.8 Å². The molecule has 1 heterocycles. The summed E-state index contributed by atoms with van der Waals surface area (Å²) >= 11 is 6.26. The first-order valence-electron chi connectivity index (χ1n) is 9.71. The number of imide groups is 1. The number of nitro groups is 1. The molecular formula is C22H18ClN3O5. The first kappa shape index (κ1) is 20.7. The topological polar surface area (TPSA) is 101 Å². The molecule has 0 unspecified atom stereocenters. The zero-order valence-corrected chi connectivity index (χ0v) is 17.1. The fourth-order valence-corrected chi connectivity index (χ4v) is 4.11. The lowest BCUT2D eigenvalue weighted by molar-refractivity contribution is -0.384. The van der Waals surface area contributed by atoms with E-state index in [-0.39, 0.29) is 17.8 Å². The predicted octanol–water partition coefficient (Wildman–Crippen LogP) is 3.76. The monoisotopic (exact) mass is 439 g/mol. The first-order chi connectivity index (χ1) is 14.9. The average Bonchev–Trinajstić information content (AvgIpc) is 3.03. The summed E-state index contributed by atoms with van der Waals surface area (Å²) in [7, 11) is 0. The van der Waals surface area contributed by atoms with E-state index in [0.29, 0.717) is 23.4 Å². The molecule has 1 fully saturated rings. The van der Waals surface area contributed by atoms with Crippen LogP contribution >= 0.6 is 11.6 Å². The summed E-state index contributed by atoms with van der Waals surface area (Å²) in [5.41, 5.74) is 0.513. The number of non-ortho nitro benzene ring substituents is 1. The number of carbonyl (C=O) groups excluding carboxylic acids is 3. The molecule has 0 N–H and O–H groups in total. The third-order valence-electron chi connectivity index (χ3n) is 5.56. The molecule has 3 amide bonds. The van der Waals surface area contributed by atoms with E-state index in [0.717, 1.165) is 10.0 Å². The Kier molecular flexibility index (Phi) is 5.56. The largest absolute Gasteiger partial charge is 0.273 e. The second-order valence-corrected chi connectivity index (χ2v) is 7.81. The number of allylic oxidation sites excluding steroid dienone is 2. The Hall–Kier alpha value is -3.52. The second-order valence-electron chi connectivity index (χ2n) is 7.40. The van der Waals surface area contributed by atoms with Gasteiger partial charge in [0.05, 0.1) is 23.3 Å². The summed E-state index contributed by atoms with van der Waals surface area (Å²) in [6.07, 6.45) is 4.62. The van der Waals surface area contributed by atoms with E-state index < -0.39 is 34.5 Å². The van der Waals surface area contributed by atoms with Crippen molar-refractivity contribution in [2.45, 2.75) is 19.4 Å². The SMILES string of the molecule is O=C(c1ccc([N+](=O)[O-])cc1)N(Cc1ccccc1Cl)N1C(=O)[C@H]2CC=CC[C@H]2C1=O. The van der Waals surface area contributed by atoms with Gasteiger partial charge in [-0.25, -0.2) is 5.01 Å². The molecule has 4 rings (SSSR count). The maximum absolute atomic E-state index is 13.4. The van der Waals surface area contributed by atoms with Crippen LogP contribution < -0.4 is 0 Å². The van der Waals surface area contributed by atoms with E-state index in [4.69, 9.17) is 11.6 Å². The van der Waals surface area contributed by atoms with Crippen molar-refractivity contribution in [1.82, 2.24) is 10.0 Å². The van der Waals surface area contributed by atoms with Gasteiger partial charge < -0.3 is 0 Å². The lowest BCUT2D eigenvalue weighted by Gasteiger charge is -2.31. The van der Waals surface area contributed by atoms with Crippen LogP contribution in [0.15, 0.2) is 60.7 Å². The molecule has 2 aromatic rings. The smallest absolute Gasteiger partial charge is 0.272 e. The summed E-state index contributed by atoms with van der Waals surface area (Å²) in [5.74, 6) is -2.49. The predicted molar refractivity (Wildman–Crippen MR) is 112 cm³/mol. The molecular weight excluding hydrogens is 422 g/mol. The maximum Gasteiger partial charge on any atom is 0.273 e. The molecule has 0 saturated carbocycles. The van der Waals surface area contributed by atoms with Gasteiger partial charge in [0.15, 0.2) is 0 Å². The fraction of sp³-hybridized carbons (Fsp3) is 0.227. The average molecular weight is 440 g/mol. The van der Waals surface area contributed by atoms with Crippen molar-refractivity contribution in [3.8, 4) is 0 Å². The van der Waals surface area contributed by atoms with Crippen LogP contribution in [-0.2, 0) is 16.1 Å². The van der Waals surface area contributed by atoms with E-state index in [1.807, 2.05) is 12.2 Å². The van der Waals surface area contributed by atoms with Crippen molar-refractivity contribution in [2.24, 2.45) is 11.8 Å². The highest BCUT2D eigenvalue weighted by molar-refractivity contribution is 6.31. The van der Waals surface area contributed by atoms with Crippen molar-refractivity contribution in [2.75, 3.05) is 0 Å². The van der Waals surface area contributed by atoms with Crippen molar-refractivity contribution in [3.05, 3.63) is 86.9 Å². The van der Waals surface area contributed by atoms with Crippen LogP contribution in [0.4, 0.5) is 5.69 Å². The van der Waals surface area contributed by atoms with Gasteiger partial charge in [-0.05, 0) is 36.6 Å². The van der Waals surface area contributed by atoms with Crippen molar-refractivity contribution in [3.63, 3.8) is 0 Å². The second kappa shape index (κ2) is 8.31. The van der Waals surface area contributed by atoms with Crippen LogP contribution in [0.25, 0.3) is 0 Å². The minimum Gasteiger partial charge on any atom is -0.272 e. The molecule has 2 atom stereocenters. The number of benzene rings is 2. The number of nitrogens with zero attached hydrogens (tertiary/aromatic N) is 3. The Balaban J connectivity index is 1.72. The quantitative estimate of drug-likeness (QED) is 0.305.